The van der Waals surface area contributed by atoms with Crippen molar-refractivity contribution in [1.29, 1.82) is 0 Å². The highest BCUT2D eigenvalue weighted by molar-refractivity contribution is 6.33. The zero-order valence-electron chi connectivity index (χ0n) is 5.84. The number of benzene rings is 1. The van der Waals surface area contributed by atoms with Crippen LogP contribution in [-0.4, -0.2) is 11.1 Å². The molecular weight excluding hydrogens is 185 g/mol. The molecule has 64 valence electrons. The van der Waals surface area contributed by atoms with Crippen molar-refractivity contribution in [3.05, 3.63) is 34.6 Å². The van der Waals surface area contributed by atoms with Crippen molar-refractivity contribution < 1.29 is 14.4 Å². The number of halogens is 2. The first kappa shape index (κ1) is 8.96. The average Bonchev–Trinajstić information content (AvgIpc) is 2.08. The lowest BCUT2D eigenvalue weighted by Gasteiger charge is -2.01. The second-order valence-corrected chi connectivity index (χ2v) is 2.42. The van der Waals surface area contributed by atoms with Gasteiger partial charge in [-0.3, -0.25) is 10.0 Å². The van der Waals surface area contributed by atoms with Gasteiger partial charge >= 0.3 is 0 Å². The number of hydrogen-bond acceptors (Lipinski definition) is 2. The Bertz CT molecular complexity index is 316. The molecule has 1 aromatic carbocycles. The quantitative estimate of drug-likeness (QED) is 0.521. The molecule has 0 saturated heterocycles. The lowest BCUT2D eigenvalue weighted by atomic mass is 10.2. The van der Waals surface area contributed by atoms with Crippen molar-refractivity contribution in [3.63, 3.8) is 0 Å². The van der Waals surface area contributed by atoms with Gasteiger partial charge in [-0.1, -0.05) is 17.7 Å². The summed E-state index contributed by atoms with van der Waals surface area (Å²) in [5, 5.41) is 7.92. The number of hydroxylamine groups is 1. The summed E-state index contributed by atoms with van der Waals surface area (Å²) in [7, 11) is 0. The second-order valence-electron chi connectivity index (χ2n) is 2.04. The Labute approximate surface area is 72.7 Å². The van der Waals surface area contributed by atoms with Crippen LogP contribution in [0.3, 0.4) is 0 Å². The Morgan fingerprint density at radius 2 is 2.25 bits per heavy atom. The number of carbonyl (C=O) groups excluding carboxylic acids is 1. The highest BCUT2D eigenvalue weighted by Crippen LogP contribution is 2.18. The molecule has 3 nitrogen and oxygen atoms in total. The first-order valence-corrected chi connectivity index (χ1v) is 3.43. The third kappa shape index (κ3) is 1.54. The molecule has 0 heterocycles. The minimum Gasteiger partial charge on any atom is -0.288 e. The molecule has 2 N–H and O–H groups in total. The van der Waals surface area contributed by atoms with Gasteiger partial charge in [-0.05, 0) is 12.1 Å². The van der Waals surface area contributed by atoms with Gasteiger partial charge in [-0.15, -0.1) is 0 Å². The van der Waals surface area contributed by atoms with Crippen molar-refractivity contribution in [1.82, 2.24) is 5.48 Å². The van der Waals surface area contributed by atoms with Crippen LogP contribution in [0.5, 0.6) is 0 Å². The first-order chi connectivity index (χ1) is 5.66. The number of carbonyl (C=O) groups is 1. The normalized spacial score (nSPS) is 9.58. The standard InChI is InChI=1S/C7H5ClFNO2/c8-6-4(7(11)10-12)2-1-3-5(6)9/h1-3,12H,(H,10,11). The molecule has 5 heteroatoms. The lowest BCUT2D eigenvalue weighted by molar-refractivity contribution is 0.0706. The Balaban J connectivity index is 3.16. The van der Waals surface area contributed by atoms with E-state index in [4.69, 9.17) is 16.8 Å². The molecule has 1 amide bonds. The van der Waals surface area contributed by atoms with Crippen molar-refractivity contribution in [2.45, 2.75) is 0 Å². The molecule has 1 rings (SSSR count). The summed E-state index contributed by atoms with van der Waals surface area (Å²) in [6.07, 6.45) is 0. The Hall–Kier alpha value is -1.13. The fraction of sp³-hybridized carbons (Fsp3) is 0. The molecule has 0 aliphatic carbocycles. The van der Waals surface area contributed by atoms with Gasteiger partial charge in [0.2, 0.25) is 0 Å². The summed E-state index contributed by atoms with van der Waals surface area (Å²) in [5.74, 6) is -1.53. The molecule has 1 aromatic rings. The van der Waals surface area contributed by atoms with Gasteiger partial charge in [0, 0.05) is 0 Å². The highest BCUT2D eigenvalue weighted by Gasteiger charge is 2.11. The molecule has 0 atom stereocenters. The zero-order chi connectivity index (χ0) is 9.14. The van der Waals surface area contributed by atoms with Gasteiger partial charge in [0.25, 0.3) is 5.91 Å². The fourth-order valence-electron chi connectivity index (χ4n) is 0.739. The second kappa shape index (κ2) is 3.51. The summed E-state index contributed by atoms with van der Waals surface area (Å²) in [5.41, 5.74) is 1.26. The summed E-state index contributed by atoms with van der Waals surface area (Å²) in [4.78, 5) is 10.8. The highest BCUT2D eigenvalue weighted by atomic mass is 35.5. The molecule has 0 aliphatic heterocycles. The largest absolute Gasteiger partial charge is 0.288 e. The van der Waals surface area contributed by atoms with E-state index in [0.29, 0.717) is 0 Å². The average molecular weight is 190 g/mol. The van der Waals surface area contributed by atoms with Crippen molar-refractivity contribution in [2.24, 2.45) is 0 Å². The molecule has 0 fully saturated rings. The van der Waals surface area contributed by atoms with Gasteiger partial charge in [0.15, 0.2) is 0 Å². The predicted molar refractivity (Wildman–Crippen MR) is 40.7 cm³/mol. The van der Waals surface area contributed by atoms with E-state index in [1.165, 1.54) is 17.6 Å². The maximum absolute atomic E-state index is 12.7. The monoisotopic (exact) mass is 189 g/mol. The zero-order valence-corrected chi connectivity index (χ0v) is 6.60. The smallest absolute Gasteiger partial charge is 0.276 e. The van der Waals surface area contributed by atoms with Gasteiger partial charge in [-0.2, -0.15) is 0 Å². The van der Waals surface area contributed by atoms with Crippen LogP contribution >= 0.6 is 11.6 Å². The molecule has 0 radical (unpaired) electrons. The van der Waals surface area contributed by atoms with Crippen LogP contribution in [0, 0.1) is 5.82 Å². The number of amides is 1. The topological polar surface area (TPSA) is 49.3 Å². The van der Waals surface area contributed by atoms with E-state index in [9.17, 15) is 9.18 Å². The summed E-state index contributed by atoms with van der Waals surface area (Å²) in [6, 6.07) is 3.75. The van der Waals surface area contributed by atoms with Crippen LogP contribution in [0.2, 0.25) is 5.02 Å². The van der Waals surface area contributed by atoms with Crippen LogP contribution < -0.4 is 5.48 Å². The third-order valence-corrected chi connectivity index (χ3v) is 1.68. The van der Waals surface area contributed by atoms with Crippen LogP contribution in [-0.2, 0) is 0 Å². The van der Waals surface area contributed by atoms with Crippen molar-refractivity contribution in [2.75, 3.05) is 0 Å². The molecular formula is C7H5ClFNO2. The van der Waals surface area contributed by atoms with Gasteiger partial charge in [-0.25, -0.2) is 9.87 Å². The molecule has 0 saturated carbocycles. The first-order valence-electron chi connectivity index (χ1n) is 3.05. The summed E-state index contributed by atoms with van der Waals surface area (Å²) in [6.45, 7) is 0. The lowest BCUT2D eigenvalue weighted by Crippen LogP contribution is -2.19. The van der Waals surface area contributed by atoms with E-state index in [0.717, 1.165) is 6.07 Å². The van der Waals surface area contributed by atoms with Gasteiger partial charge in [0.1, 0.15) is 5.82 Å². The van der Waals surface area contributed by atoms with Gasteiger partial charge < -0.3 is 0 Å². The number of rotatable bonds is 1. The molecule has 0 unspecified atom stereocenters. The van der Waals surface area contributed by atoms with E-state index in [2.05, 4.69) is 0 Å². The maximum Gasteiger partial charge on any atom is 0.276 e. The maximum atomic E-state index is 12.7. The molecule has 0 spiro atoms. The van der Waals surface area contributed by atoms with Crippen LogP contribution in [0.1, 0.15) is 10.4 Å². The van der Waals surface area contributed by atoms with Crippen molar-refractivity contribution >= 4 is 17.5 Å². The summed E-state index contributed by atoms with van der Waals surface area (Å²) < 4.78 is 12.7. The summed E-state index contributed by atoms with van der Waals surface area (Å²) >= 11 is 5.42. The number of nitrogens with one attached hydrogen (secondary N) is 1. The van der Waals surface area contributed by atoms with Crippen molar-refractivity contribution in [3.8, 4) is 0 Å². The van der Waals surface area contributed by atoms with Crippen LogP contribution in [0.4, 0.5) is 4.39 Å². The van der Waals surface area contributed by atoms with E-state index in [1.54, 1.807) is 0 Å². The Kier molecular flexibility index (Phi) is 2.62. The molecule has 0 aromatic heterocycles. The predicted octanol–water partition coefficient (Wildman–Crippen LogP) is 1.60. The van der Waals surface area contributed by atoms with E-state index in [-0.39, 0.29) is 10.6 Å². The minimum atomic E-state index is -0.834. The Morgan fingerprint density at radius 1 is 1.58 bits per heavy atom. The molecule has 0 aliphatic rings. The fourth-order valence-corrected chi connectivity index (χ4v) is 0.951. The van der Waals surface area contributed by atoms with E-state index in [1.807, 2.05) is 0 Å². The SMILES string of the molecule is O=C(NO)c1cccc(F)c1Cl. The molecule has 0 bridgehead atoms. The van der Waals surface area contributed by atoms with E-state index < -0.39 is 11.7 Å². The molecule has 12 heavy (non-hydrogen) atoms. The van der Waals surface area contributed by atoms with Gasteiger partial charge in [0.05, 0.1) is 10.6 Å². The van der Waals surface area contributed by atoms with Crippen LogP contribution in [0.15, 0.2) is 18.2 Å². The van der Waals surface area contributed by atoms with Crippen LogP contribution in [0.25, 0.3) is 0 Å². The Morgan fingerprint density at radius 3 is 2.83 bits per heavy atom. The number of hydrogen-bond donors (Lipinski definition) is 2. The van der Waals surface area contributed by atoms with E-state index >= 15 is 0 Å². The minimum absolute atomic E-state index is 0.0980. The third-order valence-electron chi connectivity index (χ3n) is 1.30.